The van der Waals surface area contributed by atoms with Gasteiger partial charge in [-0.25, -0.2) is 23.1 Å². The Morgan fingerprint density at radius 3 is 2.60 bits per heavy atom. The number of aryl methyl sites for hydroxylation is 1. The highest BCUT2D eigenvalue weighted by Gasteiger charge is 2.26. The van der Waals surface area contributed by atoms with Crippen molar-refractivity contribution in [3.8, 4) is 22.6 Å². The van der Waals surface area contributed by atoms with Crippen LogP contribution in [-0.4, -0.2) is 41.4 Å². The largest absolute Gasteiger partial charge is 0.463 e. The van der Waals surface area contributed by atoms with Gasteiger partial charge in [-0.1, -0.05) is 19.6 Å². The van der Waals surface area contributed by atoms with Crippen LogP contribution in [-0.2, 0) is 34.6 Å². The Hall–Kier alpha value is -4.29. The van der Waals surface area contributed by atoms with Gasteiger partial charge in [0, 0.05) is 56.7 Å². The Labute approximate surface area is 248 Å². The molecule has 0 saturated carbocycles. The molecule has 0 aliphatic carbocycles. The summed E-state index contributed by atoms with van der Waals surface area (Å²) in [5, 5.41) is 0.646. The van der Waals surface area contributed by atoms with Crippen molar-refractivity contribution in [2.75, 3.05) is 13.2 Å². The smallest absolute Gasteiger partial charge is 0.348 e. The summed E-state index contributed by atoms with van der Waals surface area (Å²) in [6.07, 6.45) is 5.10. The first-order chi connectivity index (χ1) is 20.5. The molecule has 1 N–H and O–H groups in total. The summed E-state index contributed by atoms with van der Waals surface area (Å²) in [4.78, 5) is 28.9. The number of rotatable bonds is 11. The van der Waals surface area contributed by atoms with Gasteiger partial charge in [0.1, 0.15) is 18.1 Å². The second-order valence-electron chi connectivity index (χ2n) is 11.6. The molecule has 3 aromatic heterocycles. The van der Waals surface area contributed by atoms with E-state index in [0.29, 0.717) is 39.7 Å². The van der Waals surface area contributed by atoms with Gasteiger partial charge in [-0.3, -0.25) is 4.79 Å². The summed E-state index contributed by atoms with van der Waals surface area (Å²) in [5.41, 5.74) is 2.49. The first kappa shape index (κ1) is 30.2. The van der Waals surface area contributed by atoms with E-state index in [1.54, 1.807) is 47.9 Å². The number of hydrogen-bond acceptors (Lipinski definition) is 5. The standard InChI is InChI=1S/C31H34F2N4O5Si/c1-6-41-27(38)17-37-18-34-25-9-8-22(30(29(25)37)42-26-10-7-20(32)15-24(26)33)23-16-35(2)31(39)28-21(23)11-12-36(28)19-40-13-14-43(3,4)5/h7-12,15-16,18H,6,13-14,17,19H2,1-5H3/p+1. The minimum atomic E-state index is -1.28. The molecule has 2 aromatic carbocycles. The van der Waals surface area contributed by atoms with Gasteiger partial charge in [0.05, 0.1) is 6.61 Å². The molecule has 43 heavy (non-hydrogen) atoms. The van der Waals surface area contributed by atoms with E-state index in [1.165, 1.54) is 10.6 Å². The van der Waals surface area contributed by atoms with Crippen molar-refractivity contribution in [2.45, 2.75) is 45.9 Å². The van der Waals surface area contributed by atoms with Gasteiger partial charge in [0.25, 0.3) is 5.56 Å². The van der Waals surface area contributed by atoms with Crippen molar-refractivity contribution in [3.63, 3.8) is 0 Å². The highest BCUT2D eigenvalue weighted by atomic mass is 28.3. The fraction of sp³-hybridized carbons (Fsp3) is 0.323. The number of nitrogens with zero attached hydrogens (tertiary/aromatic N) is 3. The highest BCUT2D eigenvalue weighted by Crippen LogP contribution is 2.41. The third-order valence-corrected chi connectivity index (χ3v) is 8.83. The van der Waals surface area contributed by atoms with Gasteiger partial charge in [-0.15, -0.1) is 0 Å². The van der Waals surface area contributed by atoms with E-state index in [1.807, 2.05) is 12.1 Å². The van der Waals surface area contributed by atoms with Gasteiger partial charge in [-0.2, -0.15) is 0 Å². The molecule has 0 atom stereocenters. The van der Waals surface area contributed by atoms with Crippen LogP contribution in [0.25, 0.3) is 33.1 Å². The zero-order valence-electron chi connectivity index (χ0n) is 24.9. The van der Waals surface area contributed by atoms with Gasteiger partial charge in [0.15, 0.2) is 29.4 Å². The number of carbonyl (C=O) groups is 1. The second-order valence-corrected chi connectivity index (χ2v) is 17.2. The molecule has 226 valence electrons. The highest BCUT2D eigenvalue weighted by molar-refractivity contribution is 6.76. The molecule has 0 unspecified atom stereocenters. The Kier molecular flexibility index (Phi) is 8.51. The molecular weight excluding hydrogens is 574 g/mol. The summed E-state index contributed by atoms with van der Waals surface area (Å²) in [6, 6.07) is 9.50. The Morgan fingerprint density at radius 2 is 1.88 bits per heavy atom. The minimum Gasteiger partial charge on any atom is -0.463 e. The number of imidazole rings is 1. The zero-order valence-corrected chi connectivity index (χ0v) is 25.9. The summed E-state index contributed by atoms with van der Waals surface area (Å²) in [5.74, 6) is -2.08. The van der Waals surface area contributed by atoms with Crippen molar-refractivity contribution < 1.29 is 32.4 Å². The lowest BCUT2D eigenvalue weighted by Gasteiger charge is -2.16. The normalized spacial score (nSPS) is 11.9. The monoisotopic (exact) mass is 609 g/mol. The molecule has 0 spiro atoms. The molecule has 0 radical (unpaired) electrons. The molecular formula is C31H35F2N4O5Si+. The number of esters is 1. The lowest BCUT2D eigenvalue weighted by molar-refractivity contribution is -0.660. The fourth-order valence-corrected chi connectivity index (χ4v) is 5.68. The number of halogens is 2. The summed E-state index contributed by atoms with van der Waals surface area (Å²) in [6.45, 7) is 9.44. The topological polar surface area (TPSA) is 91.4 Å². The number of carbonyl (C=O) groups excluding carboxylic acids is 1. The number of ether oxygens (including phenoxy) is 3. The maximum Gasteiger partial charge on any atom is 0.348 e. The Balaban J connectivity index is 1.68. The first-order valence-corrected chi connectivity index (χ1v) is 17.8. The van der Waals surface area contributed by atoms with Crippen molar-refractivity contribution in [2.24, 2.45) is 7.05 Å². The number of aromatic amines is 1. The van der Waals surface area contributed by atoms with E-state index in [9.17, 15) is 18.4 Å². The molecule has 9 nitrogen and oxygen atoms in total. The van der Waals surface area contributed by atoms with E-state index < -0.39 is 25.7 Å². The average molecular weight is 610 g/mol. The van der Waals surface area contributed by atoms with Crippen LogP contribution < -0.4 is 14.9 Å². The molecule has 0 bridgehead atoms. The number of hydrogen-bond donors (Lipinski definition) is 1. The summed E-state index contributed by atoms with van der Waals surface area (Å²) >= 11 is 0. The summed E-state index contributed by atoms with van der Waals surface area (Å²) in [7, 11) is 0.374. The fourth-order valence-electron chi connectivity index (χ4n) is 4.92. The van der Waals surface area contributed by atoms with Crippen LogP contribution in [0.15, 0.2) is 59.9 Å². The van der Waals surface area contributed by atoms with Crippen molar-refractivity contribution in [1.82, 2.24) is 14.1 Å². The first-order valence-electron chi connectivity index (χ1n) is 14.1. The average Bonchev–Trinajstić information content (AvgIpc) is 3.55. The Bertz CT molecular complexity index is 1870. The molecule has 3 heterocycles. The van der Waals surface area contributed by atoms with Crippen LogP contribution >= 0.6 is 0 Å². The van der Waals surface area contributed by atoms with Crippen LogP contribution in [0.3, 0.4) is 0 Å². The molecule has 12 heteroatoms. The van der Waals surface area contributed by atoms with Crippen LogP contribution in [0.1, 0.15) is 6.92 Å². The minimum absolute atomic E-state index is 0.132. The van der Waals surface area contributed by atoms with E-state index in [-0.39, 0.29) is 36.9 Å². The van der Waals surface area contributed by atoms with Crippen LogP contribution in [0.4, 0.5) is 8.78 Å². The van der Waals surface area contributed by atoms with Crippen LogP contribution in [0.5, 0.6) is 11.5 Å². The van der Waals surface area contributed by atoms with Crippen LogP contribution in [0.2, 0.25) is 25.7 Å². The number of fused-ring (bicyclic) bond motifs is 2. The molecule has 5 aromatic rings. The molecule has 5 rings (SSSR count). The molecule has 0 fully saturated rings. The predicted molar refractivity (Wildman–Crippen MR) is 162 cm³/mol. The van der Waals surface area contributed by atoms with Crippen molar-refractivity contribution >= 4 is 36.0 Å². The lowest BCUT2D eigenvalue weighted by Crippen LogP contribution is -2.37. The maximum absolute atomic E-state index is 14.9. The van der Waals surface area contributed by atoms with Crippen molar-refractivity contribution in [3.05, 3.63) is 77.1 Å². The number of pyridine rings is 1. The zero-order chi connectivity index (χ0) is 30.9. The molecule has 0 aliphatic rings. The van der Waals surface area contributed by atoms with Gasteiger partial charge in [-0.05, 0) is 43.3 Å². The van der Waals surface area contributed by atoms with Crippen LogP contribution in [0, 0.1) is 11.6 Å². The molecule has 0 aliphatic heterocycles. The predicted octanol–water partition coefficient (Wildman–Crippen LogP) is 5.72. The van der Waals surface area contributed by atoms with E-state index in [0.717, 1.165) is 18.2 Å². The van der Waals surface area contributed by atoms with Gasteiger partial charge < -0.3 is 23.3 Å². The molecule has 0 amide bonds. The second kappa shape index (κ2) is 12.1. The Morgan fingerprint density at radius 1 is 1.09 bits per heavy atom. The quantitative estimate of drug-likeness (QED) is 0.0895. The van der Waals surface area contributed by atoms with E-state index >= 15 is 0 Å². The number of aromatic nitrogens is 4. The van der Waals surface area contributed by atoms with E-state index in [2.05, 4.69) is 24.6 Å². The summed E-state index contributed by atoms with van der Waals surface area (Å²) < 4.78 is 50.8. The number of benzene rings is 2. The lowest BCUT2D eigenvalue weighted by atomic mass is 10.0. The van der Waals surface area contributed by atoms with Crippen molar-refractivity contribution in [1.29, 1.82) is 0 Å². The third kappa shape index (κ3) is 6.39. The molecule has 0 saturated heterocycles. The SMILES string of the molecule is CCOC(=O)C[n+]1c[nH]c2ccc(-c3cn(C)c(=O)c4c3ccn4COCC[Si](C)(C)C)c(Oc3ccc(F)cc3F)c21. The van der Waals surface area contributed by atoms with Gasteiger partial charge in [0.2, 0.25) is 11.8 Å². The van der Waals surface area contributed by atoms with E-state index in [4.69, 9.17) is 14.2 Å². The third-order valence-electron chi connectivity index (χ3n) is 7.12. The number of H-pyrrole nitrogens is 1. The number of nitrogens with one attached hydrogen (secondary N) is 1. The maximum atomic E-state index is 14.9. The van der Waals surface area contributed by atoms with Gasteiger partial charge >= 0.3 is 5.97 Å².